The van der Waals surface area contributed by atoms with Crippen LogP contribution < -0.4 is 5.73 Å². The third kappa shape index (κ3) is 2.45. The van der Waals surface area contributed by atoms with Gasteiger partial charge in [0.05, 0.1) is 7.11 Å². The smallest absolute Gasteiger partial charge is 0.322 e. The molecular weight excluding hydrogens is 180 g/mol. The van der Waals surface area contributed by atoms with Gasteiger partial charge in [0.15, 0.2) is 0 Å². The molecule has 0 aliphatic carbocycles. The van der Waals surface area contributed by atoms with Gasteiger partial charge in [-0.25, -0.2) is 0 Å². The van der Waals surface area contributed by atoms with E-state index in [0.29, 0.717) is 6.04 Å². The summed E-state index contributed by atoms with van der Waals surface area (Å²) in [5.74, 6) is -0.160. The van der Waals surface area contributed by atoms with Gasteiger partial charge in [0, 0.05) is 18.6 Å². The van der Waals surface area contributed by atoms with Crippen molar-refractivity contribution in [2.45, 2.75) is 44.8 Å². The maximum atomic E-state index is 11.3. The first-order valence-corrected chi connectivity index (χ1v) is 5.15. The Morgan fingerprint density at radius 3 is 2.79 bits per heavy atom. The summed E-state index contributed by atoms with van der Waals surface area (Å²) in [6.07, 6.45) is 1.92. The van der Waals surface area contributed by atoms with Crippen LogP contribution in [0.4, 0.5) is 0 Å². The number of nitrogens with zero attached hydrogens (tertiary/aromatic N) is 1. The van der Waals surface area contributed by atoms with E-state index in [2.05, 4.69) is 11.8 Å². The quantitative estimate of drug-likeness (QED) is 0.654. The van der Waals surface area contributed by atoms with Gasteiger partial charge in [-0.1, -0.05) is 0 Å². The number of piperidine rings is 1. The number of rotatable bonds is 2. The van der Waals surface area contributed by atoms with E-state index in [0.717, 1.165) is 19.4 Å². The van der Waals surface area contributed by atoms with Crippen LogP contribution in [0.3, 0.4) is 0 Å². The molecule has 4 heteroatoms. The summed E-state index contributed by atoms with van der Waals surface area (Å²) in [5, 5.41) is 0. The van der Waals surface area contributed by atoms with Crippen molar-refractivity contribution in [1.82, 2.24) is 4.90 Å². The average Bonchev–Trinajstić information content (AvgIpc) is 2.15. The number of carbonyl (C=O) groups excluding carboxylic acids is 1. The summed E-state index contributed by atoms with van der Waals surface area (Å²) in [4.78, 5) is 13.5. The Labute approximate surface area is 85.4 Å². The van der Waals surface area contributed by atoms with E-state index >= 15 is 0 Å². The minimum atomic E-state index is -0.160. The van der Waals surface area contributed by atoms with E-state index in [1.165, 1.54) is 7.11 Å². The minimum Gasteiger partial charge on any atom is -0.468 e. The second-order valence-corrected chi connectivity index (χ2v) is 4.07. The molecule has 3 atom stereocenters. The van der Waals surface area contributed by atoms with Crippen LogP contribution >= 0.6 is 0 Å². The van der Waals surface area contributed by atoms with Crippen LogP contribution in [0.2, 0.25) is 0 Å². The molecule has 1 rings (SSSR count). The van der Waals surface area contributed by atoms with Crippen molar-refractivity contribution in [2.24, 2.45) is 5.73 Å². The Morgan fingerprint density at radius 1 is 1.64 bits per heavy atom. The Bertz CT molecular complexity index is 208. The molecule has 0 aromatic rings. The lowest BCUT2D eigenvalue weighted by Crippen LogP contribution is -2.51. The van der Waals surface area contributed by atoms with Crippen LogP contribution in [-0.2, 0) is 9.53 Å². The lowest BCUT2D eigenvalue weighted by molar-refractivity contribution is -0.147. The number of hydrogen-bond acceptors (Lipinski definition) is 4. The number of likely N-dealkylation sites (tertiary alicyclic amines) is 1. The van der Waals surface area contributed by atoms with Gasteiger partial charge in [-0.2, -0.15) is 0 Å². The molecule has 0 aromatic heterocycles. The lowest BCUT2D eigenvalue weighted by atomic mass is 9.97. The second kappa shape index (κ2) is 4.75. The van der Waals surface area contributed by atoms with E-state index < -0.39 is 0 Å². The van der Waals surface area contributed by atoms with Gasteiger partial charge in [0.1, 0.15) is 6.04 Å². The Hall–Kier alpha value is -0.610. The molecule has 0 saturated carbocycles. The molecule has 1 heterocycles. The van der Waals surface area contributed by atoms with Gasteiger partial charge in [0.25, 0.3) is 0 Å². The van der Waals surface area contributed by atoms with Gasteiger partial charge in [0.2, 0.25) is 0 Å². The van der Waals surface area contributed by atoms with Crippen LogP contribution in [0.25, 0.3) is 0 Å². The molecule has 0 amide bonds. The molecular formula is C10H20N2O2. The van der Waals surface area contributed by atoms with Crippen LogP contribution in [0.1, 0.15) is 26.7 Å². The topological polar surface area (TPSA) is 55.6 Å². The molecule has 14 heavy (non-hydrogen) atoms. The molecule has 2 N–H and O–H groups in total. The highest BCUT2D eigenvalue weighted by atomic mass is 16.5. The number of hydrogen-bond donors (Lipinski definition) is 1. The fourth-order valence-electron chi connectivity index (χ4n) is 2.11. The van der Waals surface area contributed by atoms with Crippen molar-refractivity contribution in [2.75, 3.05) is 13.7 Å². The Balaban J connectivity index is 2.55. The largest absolute Gasteiger partial charge is 0.468 e. The van der Waals surface area contributed by atoms with Gasteiger partial charge in [-0.3, -0.25) is 9.69 Å². The van der Waals surface area contributed by atoms with Crippen LogP contribution in [0.5, 0.6) is 0 Å². The second-order valence-electron chi connectivity index (χ2n) is 4.07. The monoisotopic (exact) mass is 200 g/mol. The number of esters is 1. The predicted octanol–water partition coefficient (Wildman–Crippen LogP) is 0.359. The van der Waals surface area contributed by atoms with E-state index in [4.69, 9.17) is 10.5 Å². The third-order valence-electron chi connectivity index (χ3n) is 3.01. The summed E-state index contributed by atoms with van der Waals surface area (Å²) in [6, 6.07) is 0.501. The molecule has 1 aliphatic rings. The molecule has 1 aliphatic heterocycles. The molecule has 0 aromatic carbocycles. The van der Waals surface area contributed by atoms with Crippen LogP contribution in [0.15, 0.2) is 0 Å². The predicted molar refractivity (Wildman–Crippen MR) is 54.9 cm³/mol. The Morgan fingerprint density at radius 2 is 2.29 bits per heavy atom. The summed E-state index contributed by atoms with van der Waals surface area (Å²) in [6.45, 7) is 4.89. The highest BCUT2D eigenvalue weighted by molar-refractivity contribution is 5.75. The Kier molecular flexibility index (Phi) is 3.89. The van der Waals surface area contributed by atoms with E-state index in [9.17, 15) is 4.79 Å². The van der Waals surface area contributed by atoms with Crippen molar-refractivity contribution in [3.63, 3.8) is 0 Å². The molecule has 1 fully saturated rings. The molecule has 0 radical (unpaired) electrons. The van der Waals surface area contributed by atoms with Crippen molar-refractivity contribution in [1.29, 1.82) is 0 Å². The molecule has 1 saturated heterocycles. The van der Waals surface area contributed by atoms with Crippen molar-refractivity contribution >= 4 is 5.97 Å². The summed E-state index contributed by atoms with van der Waals surface area (Å²) in [5.41, 5.74) is 5.85. The summed E-state index contributed by atoms with van der Waals surface area (Å²) < 4.78 is 4.73. The van der Waals surface area contributed by atoms with Gasteiger partial charge in [-0.15, -0.1) is 0 Å². The normalized spacial score (nSPS) is 31.1. The highest BCUT2D eigenvalue weighted by Gasteiger charge is 2.30. The summed E-state index contributed by atoms with van der Waals surface area (Å²) in [7, 11) is 1.43. The average molecular weight is 200 g/mol. The molecule has 4 nitrogen and oxygen atoms in total. The first-order chi connectivity index (χ1) is 6.56. The maximum Gasteiger partial charge on any atom is 0.322 e. The van der Waals surface area contributed by atoms with Crippen molar-refractivity contribution in [3.8, 4) is 0 Å². The maximum absolute atomic E-state index is 11.3. The standard InChI is InChI=1S/C10H20N2O2/c1-7-6-9(11)4-5-12(7)8(2)10(13)14-3/h7-9H,4-6,11H2,1-3H3. The highest BCUT2D eigenvalue weighted by Crippen LogP contribution is 2.18. The van der Waals surface area contributed by atoms with Crippen molar-refractivity contribution in [3.05, 3.63) is 0 Å². The molecule has 0 spiro atoms. The van der Waals surface area contributed by atoms with Crippen molar-refractivity contribution < 1.29 is 9.53 Å². The minimum absolute atomic E-state index is 0.150. The first kappa shape index (κ1) is 11.5. The molecule has 3 unspecified atom stereocenters. The van der Waals surface area contributed by atoms with Gasteiger partial charge >= 0.3 is 5.97 Å². The van der Waals surface area contributed by atoms with E-state index in [-0.39, 0.29) is 18.1 Å². The zero-order valence-corrected chi connectivity index (χ0v) is 9.19. The number of nitrogens with two attached hydrogens (primary N) is 1. The van der Waals surface area contributed by atoms with Crippen LogP contribution in [-0.4, -0.2) is 42.6 Å². The number of methoxy groups -OCH3 is 1. The van der Waals surface area contributed by atoms with E-state index in [1.807, 2.05) is 6.92 Å². The van der Waals surface area contributed by atoms with E-state index in [1.54, 1.807) is 0 Å². The lowest BCUT2D eigenvalue weighted by Gasteiger charge is -2.38. The van der Waals surface area contributed by atoms with Crippen LogP contribution in [0, 0.1) is 0 Å². The molecule has 82 valence electrons. The fourth-order valence-corrected chi connectivity index (χ4v) is 2.11. The molecule has 0 bridgehead atoms. The third-order valence-corrected chi connectivity index (χ3v) is 3.01. The number of carbonyl (C=O) groups is 1. The zero-order chi connectivity index (χ0) is 10.7. The fraction of sp³-hybridized carbons (Fsp3) is 0.900. The number of ether oxygens (including phenoxy) is 1. The summed E-state index contributed by atoms with van der Waals surface area (Å²) >= 11 is 0. The van der Waals surface area contributed by atoms with Gasteiger partial charge < -0.3 is 10.5 Å². The van der Waals surface area contributed by atoms with Gasteiger partial charge in [-0.05, 0) is 26.7 Å². The first-order valence-electron chi connectivity index (χ1n) is 5.15. The SMILES string of the molecule is COC(=O)C(C)N1CCC(N)CC1C. The zero-order valence-electron chi connectivity index (χ0n) is 9.19.